The van der Waals surface area contributed by atoms with E-state index in [1.54, 1.807) is 11.8 Å². The maximum absolute atomic E-state index is 13.2. The van der Waals surface area contributed by atoms with Gasteiger partial charge >= 0.3 is 0 Å². The second-order valence-electron chi connectivity index (χ2n) is 8.66. The molecule has 0 saturated carbocycles. The van der Waals surface area contributed by atoms with Crippen LogP contribution in [0.4, 0.5) is 0 Å². The number of rotatable bonds is 6. The molecule has 2 amide bonds. The van der Waals surface area contributed by atoms with E-state index in [1.807, 2.05) is 70.2 Å². The molecule has 29 heavy (non-hydrogen) atoms. The standard InChI is InChI=1S/C24H31BrN2O2/c1-16-7-8-20(13-17(16)2)14-22(28)27(15-19-9-11-21(25)12-10-19)18(3)23(29)26-24(4,5)6/h7-13,18H,14-15H2,1-6H3,(H,26,29)/t18-/m0/s1. The highest BCUT2D eigenvalue weighted by atomic mass is 79.9. The van der Waals surface area contributed by atoms with E-state index < -0.39 is 6.04 Å². The number of aryl methyl sites for hydroxylation is 2. The Hall–Kier alpha value is -2.14. The van der Waals surface area contributed by atoms with Crippen molar-refractivity contribution in [3.05, 3.63) is 69.2 Å². The molecule has 0 aromatic heterocycles. The minimum atomic E-state index is -0.572. The van der Waals surface area contributed by atoms with Gasteiger partial charge in [0, 0.05) is 16.6 Å². The maximum Gasteiger partial charge on any atom is 0.242 e. The van der Waals surface area contributed by atoms with Crippen LogP contribution in [0.5, 0.6) is 0 Å². The predicted molar refractivity (Wildman–Crippen MR) is 122 cm³/mol. The average molecular weight is 459 g/mol. The molecule has 0 saturated heterocycles. The molecule has 0 bridgehead atoms. The van der Waals surface area contributed by atoms with Gasteiger partial charge in [-0.15, -0.1) is 0 Å². The van der Waals surface area contributed by atoms with E-state index in [-0.39, 0.29) is 23.8 Å². The molecule has 0 spiro atoms. The third-order valence-electron chi connectivity index (χ3n) is 4.86. The first kappa shape index (κ1) is 23.1. The summed E-state index contributed by atoms with van der Waals surface area (Å²) in [5, 5.41) is 2.99. The van der Waals surface area contributed by atoms with Crippen molar-refractivity contribution in [1.82, 2.24) is 10.2 Å². The van der Waals surface area contributed by atoms with E-state index in [9.17, 15) is 9.59 Å². The number of hydrogen-bond acceptors (Lipinski definition) is 2. The molecule has 0 aliphatic carbocycles. The van der Waals surface area contributed by atoms with Gasteiger partial charge in [-0.05, 0) is 75.9 Å². The van der Waals surface area contributed by atoms with Gasteiger partial charge in [-0.25, -0.2) is 0 Å². The molecule has 1 atom stereocenters. The summed E-state index contributed by atoms with van der Waals surface area (Å²) in [4.78, 5) is 27.7. The first-order valence-corrected chi connectivity index (χ1v) is 10.7. The second-order valence-corrected chi connectivity index (χ2v) is 9.57. The zero-order chi connectivity index (χ0) is 21.8. The minimum Gasteiger partial charge on any atom is -0.350 e. The molecule has 156 valence electrons. The van der Waals surface area contributed by atoms with Crippen LogP contribution in [0.25, 0.3) is 0 Å². The van der Waals surface area contributed by atoms with E-state index in [2.05, 4.69) is 28.2 Å². The Morgan fingerprint density at radius 2 is 1.59 bits per heavy atom. The lowest BCUT2D eigenvalue weighted by Gasteiger charge is -2.31. The highest BCUT2D eigenvalue weighted by molar-refractivity contribution is 9.10. The topological polar surface area (TPSA) is 49.4 Å². The first-order chi connectivity index (χ1) is 13.5. The van der Waals surface area contributed by atoms with Gasteiger partial charge in [0.2, 0.25) is 11.8 Å². The van der Waals surface area contributed by atoms with Crippen LogP contribution in [0.3, 0.4) is 0 Å². The van der Waals surface area contributed by atoms with Crippen LogP contribution >= 0.6 is 15.9 Å². The Balaban J connectivity index is 2.26. The van der Waals surface area contributed by atoms with Gasteiger partial charge in [-0.2, -0.15) is 0 Å². The lowest BCUT2D eigenvalue weighted by molar-refractivity contribution is -0.140. The summed E-state index contributed by atoms with van der Waals surface area (Å²) in [6, 6.07) is 13.3. The third-order valence-corrected chi connectivity index (χ3v) is 5.39. The van der Waals surface area contributed by atoms with Gasteiger partial charge in [-0.3, -0.25) is 9.59 Å². The second kappa shape index (κ2) is 9.57. The molecule has 0 unspecified atom stereocenters. The van der Waals surface area contributed by atoms with Crippen LogP contribution in [0, 0.1) is 13.8 Å². The highest BCUT2D eigenvalue weighted by Crippen LogP contribution is 2.17. The zero-order valence-corrected chi connectivity index (χ0v) is 19.8. The molecule has 0 radical (unpaired) electrons. The fourth-order valence-electron chi connectivity index (χ4n) is 3.03. The number of amides is 2. The third kappa shape index (κ3) is 7.00. The van der Waals surface area contributed by atoms with Crippen LogP contribution in [0.1, 0.15) is 49.9 Å². The molecule has 0 aliphatic rings. The molecular weight excluding hydrogens is 428 g/mol. The van der Waals surface area contributed by atoms with E-state index in [1.165, 1.54) is 5.56 Å². The highest BCUT2D eigenvalue weighted by Gasteiger charge is 2.28. The quantitative estimate of drug-likeness (QED) is 0.665. The number of nitrogens with one attached hydrogen (secondary N) is 1. The Kier molecular flexibility index (Phi) is 7.64. The predicted octanol–water partition coefficient (Wildman–Crippen LogP) is 4.94. The lowest BCUT2D eigenvalue weighted by atomic mass is 10.0. The number of hydrogen-bond donors (Lipinski definition) is 1. The smallest absolute Gasteiger partial charge is 0.242 e. The summed E-state index contributed by atoms with van der Waals surface area (Å²) >= 11 is 3.44. The molecule has 0 fully saturated rings. The van der Waals surface area contributed by atoms with Crippen molar-refractivity contribution in [2.24, 2.45) is 0 Å². The van der Waals surface area contributed by atoms with Gasteiger partial charge in [0.05, 0.1) is 6.42 Å². The molecule has 2 aromatic rings. The van der Waals surface area contributed by atoms with Crippen molar-refractivity contribution in [2.45, 2.75) is 66.1 Å². The molecule has 0 heterocycles. The molecule has 4 nitrogen and oxygen atoms in total. The molecule has 5 heteroatoms. The summed E-state index contributed by atoms with van der Waals surface area (Å²) in [5.74, 6) is -0.212. The number of carbonyl (C=O) groups excluding carboxylic acids is 2. The van der Waals surface area contributed by atoms with Crippen molar-refractivity contribution in [1.29, 1.82) is 0 Å². The Morgan fingerprint density at radius 1 is 1.00 bits per heavy atom. The van der Waals surface area contributed by atoms with Crippen LogP contribution < -0.4 is 5.32 Å². The largest absolute Gasteiger partial charge is 0.350 e. The fourth-order valence-corrected chi connectivity index (χ4v) is 3.30. The summed E-state index contributed by atoms with van der Waals surface area (Å²) in [6.07, 6.45) is 0.269. The average Bonchev–Trinajstić information content (AvgIpc) is 2.62. The Labute approximate surface area is 182 Å². The van der Waals surface area contributed by atoms with Gasteiger partial charge in [-0.1, -0.05) is 46.3 Å². The number of halogens is 1. The monoisotopic (exact) mass is 458 g/mol. The Morgan fingerprint density at radius 3 is 2.14 bits per heavy atom. The van der Waals surface area contributed by atoms with Gasteiger partial charge in [0.1, 0.15) is 6.04 Å². The van der Waals surface area contributed by atoms with E-state index in [0.717, 1.165) is 21.2 Å². The molecule has 0 aliphatic heterocycles. The van der Waals surface area contributed by atoms with Gasteiger partial charge in [0.25, 0.3) is 0 Å². The van der Waals surface area contributed by atoms with E-state index in [4.69, 9.17) is 0 Å². The maximum atomic E-state index is 13.2. The minimum absolute atomic E-state index is 0.0623. The van der Waals surface area contributed by atoms with E-state index in [0.29, 0.717) is 6.54 Å². The normalized spacial score (nSPS) is 12.4. The van der Waals surface area contributed by atoms with Crippen LogP contribution in [0.2, 0.25) is 0 Å². The van der Waals surface area contributed by atoms with E-state index >= 15 is 0 Å². The Bertz CT molecular complexity index is 869. The van der Waals surface area contributed by atoms with Crippen molar-refractivity contribution >= 4 is 27.7 Å². The summed E-state index contributed by atoms with van der Waals surface area (Å²) < 4.78 is 0.979. The summed E-state index contributed by atoms with van der Waals surface area (Å²) in [5.41, 5.74) is 3.95. The van der Waals surface area contributed by atoms with Crippen LogP contribution in [-0.4, -0.2) is 28.3 Å². The number of benzene rings is 2. The zero-order valence-electron chi connectivity index (χ0n) is 18.2. The van der Waals surface area contributed by atoms with Crippen LogP contribution in [0.15, 0.2) is 46.9 Å². The fraction of sp³-hybridized carbons (Fsp3) is 0.417. The first-order valence-electron chi connectivity index (χ1n) is 9.88. The van der Waals surface area contributed by atoms with Crippen molar-refractivity contribution in [3.63, 3.8) is 0 Å². The van der Waals surface area contributed by atoms with Crippen LogP contribution in [-0.2, 0) is 22.6 Å². The molecular formula is C24H31BrN2O2. The molecule has 2 aromatic carbocycles. The van der Waals surface area contributed by atoms with Crippen molar-refractivity contribution in [3.8, 4) is 0 Å². The molecule has 2 rings (SSSR count). The van der Waals surface area contributed by atoms with Crippen molar-refractivity contribution < 1.29 is 9.59 Å². The molecule has 1 N–H and O–H groups in total. The van der Waals surface area contributed by atoms with Crippen molar-refractivity contribution in [2.75, 3.05) is 0 Å². The lowest BCUT2D eigenvalue weighted by Crippen LogP contribution is -2.52. The summed E-state index contributed by atoms with van der Waals surface area (Å²) in [7, 11) is 0. The van der Waals surface area contributed by atoms with Gasteiger partial charge < -0.3 is 10.2 Å². The SMILES string of the molecule is Cc1ccc(CC(=O)N(Cc2ccc(Br)cc2)[C@@H](C)C(=O)NC(C)(C)C)cc1C. The van der Waals surface area contributed by atoms with Gasteiger partial charge in [0.15, 0.2) is 0 Å². The number of nitrogens with zero attached hydrogens (tertiary/aromatic N) is 1. The summed E-state index contributed by atoms with van der Waals surface area (Å²) in [6.45, 7) is 12.1. The number of carbonyl (C=O) groups is 2.